The van der Waals surface area contributed by atoms with Crippen molar-refractivity contribution in [3.63, 3.8) is 0 Å². The monoisotopic (exact) mass is 418 g/mol. The van der Waals surface area contributed by atoms with Crippen molar-refractivity contribution < 1.29 is 19.1 Å². The number of piperidine rings is 1. The average Bonchev–Trinajstić information content (AvgIpc) is 3.37. The number of rotatable bonds is 5. The largest absolute Gasteiger partial charge is 0.347 e. The lowest BCUT2D eigenvalue weighted by atomic mass is 10.0. The molecule has 2 aliphatic heterocycles. The first kappa shape index (κ1) is 19.7. The number of nitrogens with zero attached hydrogens (tertiary/aromatic N) is 2. The SMILES string of the molecule is O=C(Nc1nc(CCC(=O)N2CCC3(CC2)OCCO3)cs1)c1ccc[nH]c1=O. The van der Waals surface area contributed by atoms with E-state index < -0.39 is 17.3 Å². The number of nitrogens with one attached hydrogen (secondary N) is 2. The van der Waals surface area contributed by atoms with Crippen LogP contribution in [0.15, 0.2) is 28.5 Å². The molecule has 2 fully saturated rings. The predicted molar refractivity (Wildman–Crippen MR) is 106 cm³/mol. The average molecular weight is 418 g/mol. The summed E-state index contributed by atoms with van der Waals surface area (Å²) in [6.45, 7) is 2.50. The van der Waals surface area contributed by atoms with Crippen molar-refractivity contribution in [3.8, 4) is 0 Å². The molecular weight excluding hydrogens is 396 g/mol. The van der Waals surface area contributed by atoms with Gasteiger partial charge in [-0.15, -0.1) is 11.3 Å². The minimum atomic E-state index is -0.512. The Kier molecular flexibility index (Phi) is 5.74. The van der Waals surface area contributed by atoms with E-state index in [0.29, 0.717) is 57.1 Å². The molecule has 0 aromatic carbocycles. The Morgan fingerprint density at radius 1 is 1.28 bits per heavy atom. The highest BCUT2D eigenvalue weighted by Crippen LogP contribution is 2.31. The van der Waals surface area contributed by atoms with Gasteiger partial charge in [-0.3, -0.25) is 19.7 Å². The predicted octanol–water partition coefficient (Wildman–Crippen LogP) is 1.38. The first-order valence-corrected chi connectivity index (χ1v) is 10.4. The van der Waals surface area contributed by atoms with Crippen molar-refractivity contribution in [1.82, 2.24) is 14.9 Å². The van der Waals surface area contributed by atoms with E-state index in [-0.39, 0.29) is 11.5 Å². The normalized spacial score (nSPS) is 18.1. The molecule has 0 atom stereocenters. The number of aromatic nitrogens is 2. The van der Waals surface area contributed by atoms with E-state index in [9.17, 15) is 14.4 Å². The minimum Gasteiger partial charge on any atom is -0.347 e. The summed E-state index contributed by atoms with van der Waals surface area (Å²) >= 11 is 1.27. The molecule has 2 amide bonds. The number of pyridine rings is 1. The van der Waals surface area contributed by atoms with Gasteiger partial charge in [0.1, 0.15) is 5.56 Å². The van der Waals surface area contributed by atoms with Crippen molar-refractivity contribution in [2.75, 3.05) is 31.6 Å². The van der Waals surface area contributed by atoms with Crippen LogP contribution >= 0.6 is 11.3 Å². The fourth-order valence-corrected chi connectivity index (χ4v) is 4.26. The first-order chi connectivity index (χ1) is 14.0. The number of aryl methyl sites for hydroxylation is 1. The summed E-state index contributed by atoms with van der Waals surface area (Å²) in [5.41, 5.74) is 0.304. The van der Waals surface area contributed by atoms with Gasteiger partial charge < -0.3 is 19.4 Å². The lowest BCUT2D eigenvalue weighted by Crippen LogP contribution is -2.47. The summed E-state index contributed by atoms with van der Waals surface area (Å²) in [7, 11) is 0. The molecular formula is C19H22N4O5S. The maximum atomic E-state index is 12.5. The van der Waals surface area contributed by atoms with Crippen molar-refractivity contribution in [2.24, 2.45) is 0 Å². The lowest BCUT2D eigenvalue weighted by molar-refractivity contribution is -0.187. The Balaban J connectivity index is 1.26. The summed E-state index contributed by atoms with van der Waals surface area (Å²) in [5.74, 6) is -0.922. The van der Waals surface area contributed by atoms with Crippen molar-refractivity contribution >= 4 is 28.3 Å². The summed E-state index contributed by atoms with van der Waals surface area (Å²) < 4.78 is 11.4. The van der Waals surface area contributed by atoms with E-state index in [1.165, 1.54) is 23.6 Å². The van der Waals surface area contributed by atoms with Crippen molar-refractivity contribution in [1.29, 1.82) is 0 Å². The van der Waals surface area contributed by atoms with E-state index in [1.54, 1.807) is 6.07 Å². The molecule has 2 aromatic rings. The topological polar surface area (TPSA) is 114 Å². The minimum absolute atomic E-state index is 0.0255. The molecule has 4 rings (SSSR count). The molecule has 9 nitrogen and oxygen atoms in total. The highest BCUT2D eigenvalue weighted by molar-refractivity contribution is 7.14. The van der Waals surface area contributed by atoms with Crippen LogP contribution < -0.4 is 10.9 Å². The quantitative estimate of drug-likeness (QED) is 0.758. The Morgan fingerprint density at radius 2 is 2.03 bits per heavy atom. The second-order valence-electron chi connectivity index (χ2n) is 7.00. The van der Waals surface area contributed by atoms with Crippen LogP contribution in [-0.2, 0) is 20.7 Å². The van der Waals surface area contributed by atoms with Gasteiger partial charge >= 0.3 is 0 Å². The summed E-state index contributed by atoms with van der Waals surface area (Å²) in [6.07, 6.45) is 3.71. The molecule has 4 heterocycles. The Hall–Kier alpha value is -2.56. The van der Waals surface area contributed by atoms with E-state index in [0.717, 1.165) is 5.69 Å². The Morgan fingerprint density at radius 3 is 2.76 bits per heavy atom. The van der Waals surface area contributed by atoms with Crippen LogP contribution in [0.4, 0.5) is 5.13 Å². The maximum absolute atomic E-state index is 12.5. The van der Waals surface area contributed by atoms with Crippen LogP contribution in [0.1, 0.15) is 35.3 Å². The number of ether oxygens (including phenoxy) is 2. The molecule has 2 aromatic heterocycles. The molecule has 0 saturated carbocycles. The molecule has 2 saturated heterocycles. The number of carbonyl (C=O) groups excluding carboxylic acids is 2. The van der Waals surface area contributed by atoms with Crippen LogP contribution in [0.5, 0.6) is 0 Å². The second-order valence-corrected chi connectivity index (χ2v) is 7.86. The molecule has 0 aliphatic carbocycles. The van der Waals surface area contributed by atoms with Crippen LogP contribution in [-0.4, -0.2) is 58.8 Å². The molecule has 154 valence electrons. The third kappa shape index (κ3) is 4.55. The number of carbonyl (C=O) groups is 2. The number of thiazole rings is 1. The van der Waals surface area contributed by atoms with E-state index in [1.807, 2.05) is 10.3 Å². The summed E-state index contributed by atoms with van der Waals surface area (Å²) in [5, 5.41) is 4.83. The van der Waals surface area contributed by atoms with Gasteiger partial charge in [-0.1, -0.05) is 0 Å². The lowest BCUT2D eigenvalue weighted by Gasteiger charge is -2.37. The van der Waals surface area contributed by atoms with Gasteiger partial charge in [-0.2, -0.15) is 0 Å². The zero-order valence-electron chi connectivity index (χ0n) is 15.8. The number of anilines is 1. The Labute approximate surface area is 171 Å². The zero-order valence-corrected chi connectivity index (χ0v) is 16.6. The molecule has 0 radical (unpaired) electrons. The number of amides is 2. The highest BCUT2D eigenvalue weighted by atomic mass is 32.1. The summed E-state index contributed by atoms with van der Waals surface area (Å²) in [4.78, 5) is 45.0. The number of H-pyrrole nitrogens is 1. The zero-order chi connectivity index (χ0) is 20.3. The van der Waals surface area contributed by atoms with Gasteiger partial charge in [-0.25, -0.2) is 4.98 Å². The van der Waals surface area contributed by atoms with Crippen LogP contribution in [0.2, 0.25) is 0 Å². The standard InChI is InChI=1S/C19H22N4O5S/c24-15(23-8-5-19(6-9-23)27-10-11-28-19)4-3-13-12-29-18(21-13)22-17(26)14-2-1-7-20-16(14)25/h1-2,7,12H,3-6,8-11H2,(H,20,25)(H,21,22,26). The maximum Gasteiger partial charge on any atom is 0.263 e. The molecule has 0 unspecified atom stereocenters. The van der Waals surface area contributed by atoms with Gasteiger partial charge in [-0.05, 0) is 18.6 Å². The van der Waals surface area contributed by atoms with Gasteiger partial charge in [0.25, 0.3) is 11.5 Å². The van der Waals surface area contributed by atoms with E-state index in [2.05, 4.69) is 15.3 Å². The highest BCUT2D eigenvalue weighted by Gasteiger charge is 2.40. The van der Waals surface area contributed by atoms with E-state index >= 15 is 0 Å². The van der Waals surface area contributed by atoms with Crippen LogP contribution in [0.3, 0.4) is 0 Å². The van der Waals surface area contributed by atoms with Crippen LogP contribution in [0.25, 0.3) is 0 Å². The fourth-order valence-electron chi connectivity index (χ4n) is 3.52. The van der Waals surface area contributed by atoms with Crippen LogP contribution in [0, 0.1) is 0 Å². The Bertz CT molecular complexity index is 940. The second kappa shape index (κ2) is 8.44. The third-order valence-electron chi connectivity index (χ3n) is 5.12. The molecule has 0 bridgehead atoms. The molecule has 2 N–H and O–H groups in total. The van der Waals surface area contributed by atoms with Crippen molar-refractivity contribution in [3.05, 3.63) is 45.3 Å². The van der Waals surface area contributed by atoms with Gasteiger partial charge in [0.05, 0.1) is 18.9 Å². The van der Waals surface area contributed by atoms with Gasteiger partial charge in [0, 0.05) is 43.9 Å². The number of hydrogen-bond acceptors (Lipinski definition) is 7. The molecule has 1 spiro atoms. The smallest absolute Gasteiger partial charge is 0.263 e. The molecule has 29 heavy (non-hydrogen) atoms. The van der Waals surface area contributed by atoms with Gasteiger partial charge in [0.2, 0.25) is 5.91 Å². The molecule has 2 aliphatic rings. The third-order valence-corrected chi connectivity index (χ3v) is 5.93. The first-order valence-electron chi connectivity index (χ1n) is 9.54. The number of aromatic amines is 1. The molecule has 10 heteroatoms. The van der Waals surface area contributed by atoms with Crippen molar-refractivity contribution in [2.45, 2.75) is 31.5 Å². The van der Waals surface area contributed by atoms with E-state index in [4.69, 9.17) is 9.47 Å². The number of hydrogen-bond donors (Lipinski definition) is 2. The van der Waals surface area contributed by atoms with Gasteiger partial charge in [0.15, 0.2) is 10.9 Å². The fraction of sp³-hybridized carbons (Fsp3) is 0.474. The summed E-state index contributed by atoms with van der Waals surface area (Å²) in [6, 6.07) is 3.04. The number of likely N-dealkylation sites (tertiary alicyclic amines) is 1.